The van der Waals surface area contributed by atoms with E-state index in [4.69, 9.17) is 14.5 Å². The van der Waals surface area contributed by atoms with Gasteiger partial charge in [0.05, 0.1) is 18.8 Å². The molecule has 5 rings (SSSR count). The largest absolute Gasteiger partial charge is 0.497 e. The van der Waals surface area contributed by atoms with Crippen molar-refractivity contribution in [2.45, 2.75) is 31.5 Å². The van der Waals surface area contributed by atoms with E-state index in [0.29, 0.717) is 29.8 Å². The zero-order valence-electron chi connectivity index (χ0n) is 16.8. The van der Waals surface area contributed by atoms with Crippen molar-refractivity contribution in [1.29, 1.82) is 0 Å². The second-order valence-electron chi connectivity index (χ2n) is 8.34. The van der Waals surface area contributed by atoms with Crippen LogP contribution in [0.15, 0.2) is 36.5 Å². The Morgan fingerprint density at radius 2 is 2.31 bits per heavy atom. The molecule has 3 saturated heterocycles. The average molecular weight is 394 g/mol. The van der Waals surface area contributed by atoms with Crippen molar-refractivity contribution in [1.82, 2.24) is 15.3 Å². The predicted molar refractivity (Wildman–Crippen MR) is 108 cm³/mol. The van der Waals surface area contributed by atoms with Crippen LogP contribution >= 0.6 is 0 Å². The summed E-state index contributed by atoms with van der Waals surface area (Å²) in [4.78, 5) is 23.8. The molecule has 7 nitrogen and oxygen atoms in total. The summed E-state index contributed by atoms with van der Waals surface area (Å²) in [6.07, 6.45) is 3.97. The number of hydrogen-bond donors (Lipinski definition) is 1. The molecular formula is C22H26N4O3. The number of carbonyl (C=O) groups is 1. The van der Waals surface area contributed by atoms with Gasteiger partial charge in [-0.1, -0.05) is 6.07 Å². The maximum Gasteiger partial charge on any atom is 0.270 e. The van der Waals surface area contributed by atoms with Gasteiger partial charge in [-0.05, 0) is 38.0 Å². The second-order valence-corrected chi connectivity index (χ2v) is 8.34. The highest BCUT2D eigenvalue weighted by molar-refractivity contribution is 5.92. The number of methoxy groups -OCH3 is 1. The third-order valence-electron chi connectivity index (χ3n) is 6.68. The number of ether oxygens (including phenoxy) is 2. The highest BCUT2D eigenvalue weighted by atomic mass is 16.5. The number of amides is 1. The SMILES string of the molecule is COc1ccnc(C(=O)NC[C@H]2[C@H]3CN(c4cccc(C)n4)C[C@]34CC[C@H]2O4)c1. The van der Waals surface area contributed by atoms with Crippen molar-refractivity contribution in [2.24, 2.45) is 11.8 Å². The van der Waals surface area contributed by atoms with E-state index in [1.54, 1.807) is 25.4 Å². The van der Waals surface area contributed by atoms with E-state index in [-0.39, 0.29) is 17.6 Å². The van der Waals surface area contributed by atoms with Gasteiger partial charge in [0.25, 0.3) is 5.91 Å². The number of carbonyl (C=O) groups excluding carboxylic acids is 1. The van der Waals surface area contributed by atoms with Crippen molar-refractivity contribution < 1.29 is 14.3 Å². The lowest BCUT2D eigenvalue weighted by molar-refractivity contribution is 0.0141. The Morgan fingerprint density at radius 3 is 3.14 bits per heavy atom. The molecule has 29 heavy (non-hydrogen) atoms. The molecule has 1 amide bonds. The summed E-state index contributed by atoms with van der Waals surface area (Å²) in [5.74, 6) is 2.19. The summed E-state index contributed by atoms with van der Waals surface area (Å²) in [5, 5.41) is 3.08. The highest BCUT2D eigenvalue weighted by Gasteiger charge is 2.63. The molecule has 0 aromatic carbocycles. The topological polar surface area (TPSA) is 76.6 Å². The van der Waals surface area contributed by atoms with E-state index < -0.39 is 0 Å². The van der Waals surface area contributed by atoms with E-state index in [2.05, 4.69) is 27.3 Å². The van der Waals surface area contributed by atoms with E-state index in [9.17, 15) is 4.79 Å². The number of pyridine rings is 2. The van der Waals surface area contributed by atoms with E-state index in [0.717, 1.165) is 37.4 Å². The fourth-order valence-electron chi connectivity index (χ4n) is 5.31. The molecule has 3 aliphatic rings. The van der Waals surface area contributed by atoms with Gasteiger partial charge in [0.15, 0.2) is 0 Å². The van der Waals surface area contributed by atoms with Crippen LogP contribution in [0.2, 0.25) is 0 Å². The van der Waals surface area contributed by atoms with Gasteiger partial charge in [0.1, 0.15) is 17.3 Å². The molecule has 152 valence electrons. The molecule has 1 N–H and O–H groups in total. The zero-order chi connectivity index (χ0) is 20.0. The Kier molecular flexibility index (Phi) is 4.42. The number of anilines is 1. The molecule has 3 fully saturated rings. The Hall–Kier alpha value is -2.67. The minimum atomic E-state index is -0.170. The number of nitrogens with one attached hydrogen (secondary N) is 1. The lowest BCUT2D eigenvalue weighted by Crippen LogP contribution is -2.42. The number of aromatic nitrogens is 2. The van der Waals surface area contributed by atoms with Crippen LogP contribution in [-0.2, 0) is 4.74 Å². The molecule has 7 heteroatoms. The van der Waals surface area contributed by atoms with E-state index >= 15 is 0 Å². The predicted octanol–water partition coefficient (Wildman–Crippen LogP) is 2.21. The highest BCUT2D eigenvalue weighted by Crippen LogP contribution is 2.55. The quantitative estimate of drug-likeness (QED) is 0.838. The van der Waals surface area contributed by atoms with Crippen LogP contribution in [0, 0.1) is 18.8 Å². The first-order valence-electron chi connectivity index (χ1n) is 10.2. The van der Waals surface area contributed by atoms with Crippen molar-refractivity contribution in [3.8, 4) is 5.75 Å². The Balaban J connectivity index is 1.29. The summed E-state index contributed by atoms with van der Waals surface area (Å²) in [7, 11) is 1.58. The first-order valence-corrected chi connectivity index (χ1v) is 10.2. The number of fused-ring (bicyclic) bond motifs is 1. The first kappa shape index (κ1) is 18.4. The van der Waals surface area contributed by atoms with Crippen LogP contribution < -0.4 is 15.0 Å². The summed E-state index contributed by atoms with van der Waals surface area (Å²) in [5.41, 5.74) is 1.30. The van der Waals surface area contributed by atoms with Gasteiger partial charge in [-0.25, -0.2) is 4.98 Å². The van der Waals surface area contributed by atoms with Crippen LogP contribution in [0.4, 0.5) is 5.82 Å². The average Bonchev–Trinajstić information content (AvgIpc) is 3.40. The molecule has 5 heterocycles. The van der Waals surface area contributed by atoms with Crippen LogP contribution in [0.1, 0.15) is 29.0 Å². The molecule has 0 radical (unpaired) electrons. The van der Waals surface area contributed by atoms with Gasteiger partial charge in [-0.3, -0.25) is 9.78 Å². The smallest absolute Gasteiger partial charge is 0.270 e. The van der Waals surface area contributed by atoms with Crippen LogP contribution in [0.5, 0.6) is 5.75 Å². The minimum absolute atomic E-state index is 0.0975. The monoisotopic (exact) mass is 394 g/mol. The van der Waals surface area contributed by atoms with Crippen molar-refractivity contribution >= 4 is 11.7 Å². The van der Waals surface area contributed by atoms with Crippen molar-refractivity contribution in [2.75, 3.05) is 31.6 Å². The molecular weight excluding hydrogens is 368 g/mol. The van der Waals surface area contributed by atoms with Gasteiger partial charge >= 0.3 is 0 Å². The summed E-state index contributed by atoms with van der Waals surface area (Å²) in [6.45, 7) is 4.42. The van der Waals surface area contributed by atoms with Crippen LogP contribution in [-0.4, -0.2) is 54.3 Å². The molecule has 0 aliphatic carbocycles. The third kappa shape index (κ3) is 3.13. The Labute approximate surface area is 170 Å². The van der Waals surface area contributed by atoms with Crippen molar-refractivity contribution in [3.05, 3.63) is 47.9 Å². The fourth-order valence-corrected chi connectivity index (χ4v) is 5.31. The maximum absolute atomic E-state index is 12.6. The number of aryl methyl sites for hydroxylation is 1. The summed E-state index contributed by atoms with van der Waals surface area (Å²) >= 11 is 0. The lowest BCUT2D eigenvalue weighted by Gasteiger charge is -2.29. The lowest BCUT2D eigenvalue weighted by atomic mass is 9.73. The molecule has 3 aliphatic heterocycles. The van der Waals surface area contributed by atoms with Gasteiger partial charge in [-0.2, -0.15) is 0 Å². The first-order chi connectivity index (χ1) is 14.1. The molecule has 4 atom stereocenters. The normalized spacial score (nSPS) is 29.7. The molecule has 2 aromatic rings. The number of nitrogens with zero attached hydrogens (tertiary/aromatic N) is 3. The number of hydrogen-bond acceptors (Lipinski definition) is 6. The van der Waals surface area contributed by atoms with Gasteiger partial charge in [0.2, 0.25) is 0 Å². The number of rotatable bonds is 5. The zero-order valence-corrected chi connectivity index (χ0v) is 16.8. The Morgan fingerprint density at radius 1 is 1.41 bits per heavy atom. The van der Waals surface area contributed by atoms with Gasteiger partial charge in [-0.15, -0.1) is 0 Å². The standard InChI is InChI=1S/C22H26N4O3/c1-14-4-3-5-20(25-14)26-12-17-16(19-6-8-22(17,13-26)29-19)11-24-21(27)18-10-15(28-2)7-9-23-18/h3-5,7,9-10,16-17,19H,6,8,11-13H2,1-2H3,(H,24,27)/t16-,17+,19+,22+/m0/s1. The van der Waals surface area contributed by atoms with E-state index in [1.807, 2.05) is 13.0 Å². The summed E-state index contributed by atoms with van der Waals surface area (Å²) in [6, 6.07) is 9.54. The van der Waals surface area contributed by atoms with E-state index in [1.165, 1.54) is 0 Å². The minimum Gasteiger partial charge on any atom is -0.497 e. The molecule has 0 saturated carbocycles. The molecule has 2 aromatic heterocycles. The summed E-state index contributed by atoms with van der Waals surface area (Å²) < 4.78 is 11.7. The van der Waals surface area contributed by atoms with Gasteiger partial charge < -0.3 is 19.7 Å². The maximum atomic E-state index is 12.6. The molecule has 1 spiro atoms. The molecule has 2 bridgehead atoms. The van der Waals surface area contributed by atoms with Crippen LogP contribution in [0.3, 0.4) is 0 Å². The van der Waals surface area contributed by atoms with Gasteiger partial charge in [0, 0.05) is 49.4 Å². The fraction of sp³-hybridized carbons (Fsp3) is 0.500. The van der Waals surface area contributed by atoms with Crippen molar-refractivity contribution in [3.63, 3.8) is 0 Å². The molecule has 0 unspecified atom stereocenters. The third-order valence-corrected chi connectivity index (χ3v) is 6.68. The Bertz CT molecular complexity index is 936. The second kappa shape index (κ2) is 6.99. The van der Waals surface area contributed by atoms with Crippen LogP contribution in [0.25, 0.3) is 0 Å².